The molecule has 2 rings (SSSR count). The number of rotatable bonds is 2. The molecular formula is C12H11FN2. The van der Waals surface area contributed by atoms with Crippen molar-refractivity contribution in [1.29, 1.82) is 5.26 Å². The number of fused-ring (bicyclic) bond motifs is 1. The molecule has 0 aliphatic rings. The normalized spacial score (nSPS) is 10.5. The minimum atomic E-state index is -0.237. The van der Waals surface area contributed by atoms with Crippen LogP contribution in [0.2, 0.25) is 0 Å². The number of aromatic amines is 1. The van der Waals surface area contributed by atoms with Crippen LogP contribution in [-0.4, -0.2) is 4.98 Å². The zero-order valence-corrected chi connectivity index (χ0v) is 8.47. The van der Waals surface area contributed by atoms with Gasteiger partial charge in [0.25, 0.3) is 0 Å². The number of aromatic nitrogens is 1. The van der Waals surface area contributed by atoms with Crippen molar-refractivity contribution < 1.29 is 4.39 Å². The largest absolute Gasteiger partial charge is 0.356 e. The first-order chi connectivity index (χ1) is 7.24. The van der Waals surface area contributed by atoms with Crippen molar-refractivity contribution in [1.82, 2.24) is 4.98 Å². The van der Waals surface area contributed by atoms with E-state index in [2.05, 4.69) is 11.1 Å². The van der Waals surface area contributed by atoms with Gasteiger partial charge in [-0.05, 0) is 18.6 Å². The number of H-pyrrole nitrogens is 1. The Morgan fingerprint density at radius 1 is 1.47 bits per heavy atom. The Labute approximate surface area is 87.3 Å². The Hall–Kier alpha value is -1.82. The first kappa shape index (κ1) is 9.72. The molecule has 0 unspecified atom stereocenters. The maximum atomic E-state index is 13.4. The van der Waals surface area contributed by atoms with Gasteiger partial charge in [0.2, 0.25) is 0 Å². The monoisotopic (exact) mass is 202 g/mol. The van der Waals surface area contributed by atoms with Gasteiger partial charge in [-0.15, -0.1) is 0 Å². The van der Waals surface area contributed by atoms with Crippen LogP contribution >= 0.6 is 0 Å². The van der Waals surface area contributed by atoms with Gasteiger partial charge in [-0.1, -0.05) is 12.1 Å². The fraction of sp³-hybridized carbons (Fsp3) is 0.250. The number of nitriles is 1. The lowest BCUT2D eigenvalue weighted by molar-refractivity contribution is 0.637. The molecule has 0 bridgehead atoms. The molecule has 76 valence electrons. The van der Waals surface area contributed by atoms with Crippen LogP contribution in [0.1, 0.15) is 17.7 Å². The molecule has 15 heavy (non-hydrogen) atoms. The molecule has 2 aromatic rings. The SMILES string of the molecule is Cc1c(CCC#N)[nH]c2c(F)cccc12. The second kappa shape index (κ2) is 3.74. The van der Waals surface area contributed by atoms with Crippen molar-refractivity contribution in [2.75, 3.05) is 0 Å². The van der Waals surface area contributed by atoms with E-state index in [1.54, 1.807) is 6.07 Å². The lowest BCUT2D eigenvalue weighted by atomic mass is 10.1. The highest BCUT2D eigenvalue weighted by molar-refractivity contribution is 5.84. The highest BCUT2D eigenvalue weighted by Crippen LogP contribution is 2.24. The molecule has 0 aliphatic carbocycles. The number of nitrogens with zero attached hydrogens (tertiary/aromatic N) is 1. The van der Waals surface area contributed by atoms with E-state index in [1.165, 1.54) is 6.07 Å². The van der Waals surface area contributed by atoms with E-state index in [0.717, 1.165) is 16.6 Å². The lowest BCUT2D eigenvalue weighted by Gasteiger charge is -1.93. The molecule has 0 saturated heterocycles. The number of aryl methyl sites for hydroxylation is 2. The standard InChI is InChI=1S/C12H11FN2/c1-8-9-4-2-5-10(13)12(9)15-11(8)6-3-7-14/h2,4-5,15H,3,6H2,1H3. The summed E-state index contributed by atoms with van der Waals surface area (Å²) in [6, 6.07) is 7.12. The average Bonchev–Trinajstić information content (AvgIpc) is 2.55. The molecule has 0 atom stereocenters. The fourth-order valence-electron chi connectivity index (χ4n) is 1.80. The van der Waals surface area contributed by atoms with Gasteiger partial charge in [0.15, 0.2) is 0 Å². The molecule has 3 heteroatoms. The highest BCUT2D eigenvalue weighted by Gasteiger charge is 2.09. The first-order valence-electron chi connectivity index (χ1n) is 4.86. The minimum Gasteiger partial charge on any atom is -0.356 e. The molecule has 0 fully saturated rings. The summed E-state index contributed by atoms with van der Waals surface area (Å²) in [5.74, 6) is -0.237. The molecule has 1 aromatic carbocycles. The van der Waals surface area contributed by atoms with E-state index in [4.69, 9.17) is 5.26 Å². The maximum Gasteiger partial charge on any atom is 0.147 e. The third-order valence-electron chi connectivity index (χ3n) is 2.63. The fourth-order valence-corrected chi connectivity index (χ4v) is 1.80. The van der Waals surface area contributed by atoms with E-state index >= 15 is 0 Å². The van der Waals surface area contributed by atoms with E-state index in [0.29, 0.717) is 18.4 Å². The summed E-state index contributed by atoms with van der Waals surface area (Å²) >= 11 is 0. The van der Waals surface area contributed by atoms with Crippen molar-refractivity contribution in [3.8, 4) is 6.07 Å². The van der Waals surface area contributed by atoms with Gasteiger partial charge in [0.1, 0.15) is 5.82 Å². The Kier molecular flexibility index (Phi) is 2.42. The topological polar surface area (TPSA) is 39.6 Å². The first-order valence-corrected chi connectivity index (χ1v) is 4.86. The van der Waals surface area contributed by atoms with Crippen molar-refractivity contribution >= 4 is 10.9 Å². The Morgan fingerprint density at radius 2 is 2.27 bits per heavy atom. The highest BCUT2D eigenvalue weighted by atomic mass is 19.1. The number of hydrogen-bond acceptors (Lipinski definition) is 1. The van der Waals surface area contributed by atoms with Crippen molar-refractivity contribution in [3.63, 3.8) is 0 Å². The summed E-state index contributed by atoms with van der Waals surface area (Å²) in [7, 11) is 0. The molecule has 1 aromatic heterocycles. The number of halogens is 1. The van der Waals surface area contributed by atoms with Gasteiger partial charge < -0.3 is 4.98 Å². The van der Waals surface area contributed by atoms with Crippen molar-refractivity contribution in [2.24, 2.45) is 0 Å². The minimum absolute atomic E-state index is 0.237. The van der Waals surface area contributed by atoms with E-state index in [1.807, 2.05) is 13.0 Å². The summed E-state index contributed by atoms with van der Waals surface area (Å²) in [4.78, 5) is 3.04. The van der Waals surface area contributed by atoms with Crippen LogP contribution in [0.5, 0.6) is 0 Å². The summed E-state index contributed by atoms with van der Waals surface area (Å²) in [6.07, 6.45) is 1.10. The molecule has 1 N–H and O–H groups in total. The van der Waals surface area contributed by atoms with Crippen molar-refractivity contribution in [2.45, 2.75) is 19.8 Å². The van der Waals surface area contributed by atoms with Crippen LogP contribution in [0, 0.1) is 24.1 Å². The average molecular weight is 202 g/mol. The third kappa shape index (κ3) is 1.59. The Balaban J connectivity index is 2.55. The van der Waals surface area contributed by atoms with Gasteiger partial charge in [-0.25, -0.2) is 4.39 Å². The quantitative estimate of drug-likeness (QED) is 0.798. The molecular weight excluding hydrogens is 191 g/mol. The Bertz CT molecular complexity index is 534. The lowest BCUT2D eigenvalue weighted by Crippen LogP contribution is -1.86. The van der Waals surface area contributed by atoms with Crippen LogP contribution in [-0.2, 0) is 6.42 Å². The predicted octanol–water partition coefficient (Wildman–Crippen LogP) is 3.07. The molecule has 0 saturated carbocycles. The second-order valence-corrected chi connectivity index (χ2v) is 3.55. The third-order valence-corrected chi connectivity index (χ3v) is 2.63. The van der Waals surface area contributed by atoms with Crippen LogP contribution in [0.25, 0.3) is 10.9 Å². The van der Waals surface area contributed by atoms with Gasteiger partial charge in [0.05, 0.1) is 11.6 Å². The van der Waals surface area contributed by atoms with Crippen LogP contribution in [0.4, 0.5) is 4.39 Å². The smallest absolute Gasteiger partial charge is 0.147 e. The molecule has 0 radical (unpaired) electrons. The number of hydrogen-bond donors (Lipinski definition) is 1. The number of para-hydroxylation sites is 1. The molecule has 1 heterocycles. The zero-order valence-electron chi connectivity index (χ0n) is 8.47. The summed E-state index contributed by atoms with van der Waals surface area (Å²) < 4.78 is 13.4. The Morgan fingerprint density at radius 3 is 2.93 bits per heavy atom. The van der Waals surface area contributed by atoms with Gasteiger partial charge in [-0.2, -0.15) is 5.26 Å². The molecule has 0 aliphatic heterocycles. The number of benzene rings is 1. The van der Waals surface area contributed by atoms with Gasteiger partial charge >= 0.3 is 0 Å². The summed E-state index contributed by atoms with van der Waals surface area (Å²) in [5.41, 5.74) is 2.54. The number of nitrogens with one attached hydrogen (secondary N) is 1. The maximum absolute atomic E-state index is 13.4. The zero-order chi connectivity index (χ0) is 10.8. The van der Waals surface area contributed by atoms with Crippen LogP contribution < -0.4 is 0 Å². The molecule has 0 amide bonds. The molecule has 2 nitrogen and oxygen atoms in total. The summed E-state index contributed by atoms with van der Waals surface area (Å²) in [6.45, 7) is 1.95. The van der Waals surface area contributed by atoms with Crippen LogP contribution in [0.15, 0.2) is 18.2 Å². The second-order valence-electron chi connectivity index (χ2n) is 3.55. The summed E-state index contributed by atoms with van der Waals surface area (Å²) in [5, 5.41) is 9.42. The van der Waals surface area contributed by atoms with E-state index in [9.17, 15) is 4.39 Å². The predicted molar refractivity (Wildman–Crippen MR) is 56.9 cm³/mol. The molecule has 0 spiro atoms. The van der Waals surface area contributed by atoms with Gasteiger partial charge in [-0.3, -0.25) is 0 Å². The van der Waals surface area contributed by atoms with Gasteiger partial charge in [0, 0.05) is 23.9 Å². The van der Waals surface area contributed by atoms with E-state index in [-0.39, 0.29) is 5.82 Å². The van der Waals surface area contributed by atoms with Crippen LogP contribution in [0.3, 0.4) is 0 Å². The van der Waals surface area contributed by atoms with Crippen molar-refractivity contribution in [3.05, 3.63) is 35.3 Å². The van der Waals surface area contributed by atoms with E-state index < -0.39 is 0 Å².